The van der Waals surface area contributed by atoms with Crippen LogP contribution in [0.1, 0.15) is 12.0 Å². The Kier molecular flexibility index (Phi) is 5.74. The SMILES string of the molecule is O=CC[C@@H](Cc1c(Cl)cc(-c2ccc(F)cc2)cc1Cl)C(=O)O. The van der Waals surface area contributed by atoms with Gasteiger partial charge in [0, 0.05) is 16.5 Å². The molecule has 0 aliphatic heterocycles. The van der Waals surface area contributed by atoms with Crippen LogP contribution in [0.3, 0.4) is 0 Å². The van der Waals surface area contributed by atoms with Crippen molar-refractivity contribution < 1.29 is 19.1 Å². The summed E-state index contributed by atoms with van der Waals surface area (Å²) in [5.41, 5.74) is 1.92. The van der Waals surface area contributed by atoms with E-state index in [-0.39, 0.29) is 18.7 Å². The number of hydrogen-bond donors (Lipinski definition) is 1. The summed E-state index contributed by atoms with van der Waals surface area (Å²) in [6.07, 6.45) is 0.518. The molecule has 1 atom stereocenters. The number of halogens is 3. The van der Waals surface area contributed by atoms with Crippen LogP contribution >= 0.6 is 23.2 Å². The third kappa shape index (κ3) is 4.30. The summed E-state index contributed by atoms with van der Waals surface area (Å²) >= 11 is 12.4. The predicted octanol–water partition coefficient (Wildman–Crippen LogP) is 4.63. The molecule has 3 nitrogen and oxygen atoms in total. The molecule has 2 aromatic rings. The maximum absolute atomic E-state index is 13.0. The molecule has 0 fully saturated rings. The highest BCUT2D eigenvalue weighted by Crippen LogP contribution is 2.33. The third-order valence-electron chi connectivity index (χ3n) is 3.50. The van der Waals surface area contributed by atoms with Crippen LogP contribution in [0.2, 0.25) is 10.0 Å². The number of carboxylic acids is 1. The second-order valence-electron chi connectivity index (χ2n) is 5.07. The Balaban J connectivity index is 2.35. The van der Waals surface area contributed by atoms with E-state index in [0.717, 1.165) is 5.56 Å². The molecule has 0 spiro atoms. The number of carbonyl (C=O) groups is 2. The minimum atomic E-state index is -1.08. The Morgan fingerprint density at radius 3 is 2.17 bits per heavy atom. The van der Waals surface area contributed by atoms with Crippen LogP contribution in [-0.4, -0.2) is 17.4 Å². The van der Waals surface area contributed by atoms with Gasteiger partial charge in [0.15, 0.2) is 0 Å². The zero-order valence-electron chi connectivity index (χ0n) is 11.9. The van der Waals surface area contributed by atoms with Gasteiger partial charge in [0.2, 0.25) is 0 Å². The Labute approximate surface area is 142 Å². The van der Waals surface area contributed by atoms with Crippen LogP contribution in [0.25, 0.3) is 11.1 Å². The Bertz CT molecular complexity index is 706. The molecule has 0 bridgehead atoms. The zero-order valence-corrected chi connectivity index (χ0v) is 13.4. The van der Waals surface area contributed by atoms with Crippen LogP contribution in [-0.2, 0) is 16.0 Å². The number of benzene rings is 2. The van der Waals surface area contributed by atoms with Crippen molar-refractivity contribution in [1.82, 2.24) is 0 Å². The molecule has 0 saturated heterocycles. The molecule has 0 saturated carbocycles. The summed E-state index contributed by atoms with van der Waals surface area (Å²) in [5, 5.41) is 9.75. The number of hydrogen-bond acceptors (Lipinski definition) is 2. The van der Waals surface area contributed by atoms with E-state index in [4.69, 9.17) is 28.3 Å². The van der Waals surface area contributed by atoms with Gasteiger partial charge in [0.05, 0.1) is 5.92 Å². The van der Waals surface area contributed by atoms with Gasteiger partial charge in [-0.2, -0.15) is 0 Å². The van der Waals surface area contributed by atoms with Crippen LogP contribution in [0, 0.1) is 11.7 Å². The van der Waals surface area contributed by atoms with E-state index in [2.05, 4.69) is 0 Å². The van der Waals surface area contributed by atoms with E-state index in [0.29, 0.717) is 27.5 Å². The molecular formula is C17H13Cl2FO3. The first-order chi connectivity index (χ1) is 10.9. The molecule has 2 aromatic carbocycles. The van der Waals surface area contributed by atoms with Gasteiger partial charge < -0.3 is 9.90 Å². The topological polar surface area (TPSA) is 54.4 Å². The van der Waals surface area contributed by atoms with Gasteiger partial charge in [-0.1, -0.05) is 35.3 Å². The van der Waals surface area contributed by atoms with Crippen LogP contribution in [0.4, 0.5) is 4.39 Å². The van der Waals surface area contributed by atoms with E-state index in [1.807, 2.05) is 0 Å². The molecule has 0 amide bonds. The Morgan fingerprint density at radius 2 is 1.70 bits per heavy atom. The Hall–Kier alpha value is -1.91. The monoisotopic (exact) mass is 354 g/mol. The number of rotatable bonds is 6. The number of carboxylic acid groups (broad SMARTS) is 1. The standard InChI is InChI=1S/C17H13Cl2FO3/c18-15-8-12(10-1-3-13(20)4-2-10)9-16(19)14(15)7-11(5-6-21)17(22)23/h1-4,6,8-9,11H,5,7H2,(H,22,23)/t11-/m0/s1. The fourth-order valence-corrected chi connectivity index (χ4v) is 2.88. The van der Waals surface area contributed by atoms with Crippen molar-refractivity contribution in [2.75, 3.05) is 0 Å². The minimum absolute atomic E-state index is 0.0649. The molecule has 0 heterocycles. The minimum Gasteiger partial charge on any atom is -0.481 e. The van der Waals surface area contributed by atoms with Crippen molar-refractivity contribution in [3.8, 4) is 11.1 Å². The van der Waals surface area contributed by atoms with E-state index in [1.54, 1.807) is 24.3 Å². The molecule has 0 radical (unpaired) electrons. The average molecular weight is 355 g/mol. The van der Waals surface area contributed by atoms with Crippen molar-refractivity contribution in [2.45, 2.75) is 12.8 Å². The normalized spacial score (nSPS) is 12.0. The van der Waals surface area contributed by atoms with Crippen molar-refractivity contribution in [2.24, 2.45) is 5.92 Å². The third-order valence-corrected chi connectivity index (χ3v) is 4.17. The molecule has 23 heavy (non-hydrogen) atoms. The molecular weight excluding hydrogens is 342 g/mol. The lowest BCUT2D eigenvalue weighted by Gasteiger charge is -2.14. The summed E-state index contributed by atoms with van der Waals surface area (Å²) in [4.78, 5) is 21.7. The van der Waals surface area contributed by atoms with Gasteiger partial charge in [0.25, 0.3) is 0 Å². The zero-order chi connectivity index (χ0) is 17.0. The van der Waals surface area contributed by atoms with E-state index >= 15 is 0 Å². The molecule has 0 aliphatic carbocycles. The largest absolute Gasteiger partial charge is 0.481 e. The molecule has 0 unspecified atom stereocenters. The summed E-state index contributed by atoms with van der Waals surface area (Å²) in [7, 11) is 0. The number of aliphatic carboxylic acids is 1. The second-order valence-corrected chi connectivity index (χ2v) is 5.88. The van der Waals surface area contributed by atoms with Gasteiger partial charge in [0.1, 0.15) is 12.1 Å². The summed E-state index contributed by atoms with van der Waals surface area (Å²) < 4.78 is 13.0. The first-order valence-electron chi connectivity index (χ1n) is 6.82. The lowest BCUT2D eigenvalue weighted by atomic mass is 9.95. The average Bonchev–Trinajstić information content (AvgIpc) is 2.50. The molecule has 120 valence electrons. The highest BCUT2D eigenvalue weighted by Gasteiger charge is 2.21. The van der Waals surface area contributed by atoms with E-state index < -0.39 is 11.9 Å². The van der Waals surface area contributed by atoms with E-state index in [9.17, 15) is 14.0 Å². The molecule has 0 aliphatic rings. The van der Waals surface area contributed by atoms with Crippen molar-refractivity contribution in [3.05, 3.63) is 57.8 Å². The highest BCUT2D eigenvalue weighted by molar-refractivity contribution is 6.36. The molecule has 2 rings (SSSR count). The fraction of sp³-hybridized carbons (Fsp3) is 0.176. The predicted molar refractivity (Wildman–Crippen MR) is 87.4 cm³/mol. The van der Waals surface area contributed by atoms with Crippen molar-refractivity contribution in [3.63, 3.8) is 0 Å². The van der Waals surface area contributed by atoms with Gasteiger partial charge >= 0.3 is 5.97 Å². The lowest BCUT2D eigenvalue weighted by molar-refractivity contribution is -0.142. The molecule has 6 heteroatoms. The van der Waals surface area contributed by atoms with Gasteiger partial charge in [-0.3, -0.25) is 4.79 Å². The molecule has 0 aromatic heterocycles. The Morgan fingerprint density at radius 1 is 1.13 bits per heavy atom. The maximum Gasteiger partial charge on any atom is 0.307 e. The van der Waals surface area contributed by atoms with Gasteiger partial charge in [-0.15, -0.1) is 0 Å². The van der Waals surface area contributed by atoms with Crippen LogP contribution < -0.4 is 0 Å². The van der Waals surface area contributed by atoms with Crippen LogP contribution in [0.15, 0.2) is 36.4 Å². The van der Waals surface area contributed by atoms with Crippen molar-refractivity contribution >= 4 is 35.5 Å². The highest BCUT2D eigenvalue weighted by atomic mass is 35.5. The quantitative estimate of drug-likeness (QED) is 0.769. The van der Waals surface area contributed by atoms with E-state index in [1.165, 1.54) is 12.1 Å². The first kappa shape index (κ1) is 17.4. The smallest absolute Gasteiger partial charge is 0.307 e. The molecule has 1 N–H and O–H groups in total. The summed E-state index contributed by atoms with van der Waals surface area (Å²) in [5.74, 6) is -2.30. The number of aldehydes is 1. The first-order valence-corrected chi connectivity index (χ1v) is 7.58. The summed E-state index contributed by atoms with van der Waals surface area (Å²) in [6, 6.07) is 9.16. The van der Waals surface area contributed by atoms with Gasteiger partial charge in [-0.25, -0.2) is 4.39 Å². The summed E-state index contributed by atoms with van der Waals surface area (Å²) in [6.45, 7) is 0. The number of carbonyl (C=O) groups excluding carboxylic acids is 1. The fourth-order valence-electron chi connectivity index (χ4n) is 2.24. The van der Waals surface area contributed by atoms with Crippen molar-refractivity contribution in [1.29, 1.82) is 0 Å². The second kappa shape index (κ2) is 7.57. The van der Waals surface area contributed by atoms with Crippen LogP contribution in [0.5, 0.6) is 0 Å². The van der Waals surface area contributed by atoms with Gasteiger partial charge in [-0.05, 0) is 47.4 Å². The maximum atomic E-state index is 13.0. The lowest BCUT2D eigenvalue weighted by Crippen LogP contribution is -2.17.